The van der Waals surface area contributed by atoms with Gasteiger partial charge < -0.3 is 9.73 Å². The second-order valence-corrected chi connectivity index (χ2v) is 5.46. The molecule has 2 heterocycles. The molecule has 0 spiro atoms. The summed E-state index contributed by atoms with van der Waals surface area (Å²) in [6.07, 6.45) is 2.57. The molecule has 0 aromatic carbocycles. The molecule has 4 heteroatoms. The van der Waals surface area contributed by atoms with E-state index in [0.29, 0.717) is 12.0 Å². The average Bonchev–Trinajstić information content (AvgIpc) is 2.75. The molecule has 1 saturated heterocycles. The maximum atomic E-state index is 5.78. The van der Waals surface area contributed by atoms with E-state index in [9.17, 15) is 0 Å². The van der Waals surface area contributed by atoms with Crippen molar-refractivity contribution in [3.05, 3.63) is 22.6 Å². The summed E-state index contributed by atoms with van der Waals surface area (Å²) in [4.78, 5) is 2.52. The van der Waals surface area contributed by atoms with Crippen LogP contribution in [0.3, 0.4) is 0 Å². The zero-order valence-electron chi connectivity index (χ0n) is 10.6. The highest BCUT2D eigenvalue weighted by molar-refractivity contribution is 9.10. The van der Waals surface area contributed by atoms with Crippen LogP contribution in [0.4, 0.5) is 0 Å². The van der Waals surface area contributed by atoms with Gasteiger partial charge in [-0.1, -0.05) is 6.92 Å². The molecule has 3 nitrogen and oxygen atoms in total. The fourth-order valence-corrected chi connectivity index (χ4v) is 3.20. The minimum Gasteiger partial charge on any atom is -0.453 e. The molecule has 2 atom stereocenters. The maximum absolute atomic E-state index is 5.78. The van der Waals surface area contributed by atoms with Crippen LogP contribution in [0.1, 0.15) is 31.6 Å². The Morgan fingerprint density at radius 3 is 2.94 bits per heavy atom. The van der Waals surface area contributed by atoms with Gasteiger partial charge in [0, 0.05) is 0 Å². The number of nitrogens with one attached hydrogen (secondary N) is 1. The summed E-state index contributed by atoms with van der Waals surface area (Å²) in [6, 6.07) is 4.52. The van der Waals surface area contributed by atoms with Crippen LogP contribution < -0.4 is 5.32 Å². The van der Waals surface area contributed by atoms with Gasteiger partial charge in [-0.25, -0.2) is 0 Å². The molecular formula is C13H21BrN2O. The molecule has 96 valence electrons. The molecule has 1 fully saturated rings. The Labute approximate surface area is 112 Å². The van der Waals surface area contributed by atoms with Crippen LogP contribution in [0.15, 0.2) is 21.2 Å². The van der Waals surface area contributed by atoms with Gasteiger partial charge in [-0.15, -0.1) is 0 Å². The lowest BCUT2D eigenvalue weighted by molar-refractivity contribution is 0.0809. The molecule has 1 aliphatic rings. The first-order chi connectivity index (χ1) is 8.26. The molecule has 1 aromatic rings. The van der Waals surface area contributed by atoms with E-state index in [4.69, 9.17) is 4.42 Å². The van der Waals surface area contributed by atoms with Crippen molar-refractivity contribution < 1.29 is 4.42 Å². The summed E-state index contributed by atoms with van der Waals surface area (Å²) < 4.78 is 6.61. The molecule has 2 rings (SSSR count). The summed E-state index contributed by atoms with van der Waals surface area (Å²) in [5.41, 5.74) is 0. The van der Waals surface area contributed by atoms with E-state index < -0.39 is 0 Å². The van der Waals surface area contributed by atoms with Gasteiger partial charge in [0.05, 0.1) is 6.04 Å². The molecule has 0 bridgehead atoms. The molecular weight excluding hydrogens is 280 g/mol. The largest absolute Gasteiger partial charge is 0.453 e. The lowest BCUT2D eigenvalue weighted by Gasteiger charge is -2.39. The second-order valence-electron chi connectivity index (χ2n) is 4.68. The van der Waals surface area contributed by atoms with Gasteiger partial charge in [-0.05, 0) is 73.5 Å². The Balaban J connectivity index is 2.21. The highest BCUT2D eigenvalue weighted by Crippen LogP contribution is 2.36. The molecule has 1 N–H and O–H groups in total. The van der Waals surface area contributed by atoms with E-state index in [1.807, 2.05) is 13.1 Å². The minimum atomic E-state index is 0.424. The van der Waals surface area contributed by atoms with Gasteiger partial charge in [0.15, 0.2) is 4.67 Å². The third-order valence-corrected chi connectivity index (χ3v) is 4.04. The number of nitrogens with zero attached hydrogens (tertiary/aromatic N) is 1. The Morgan fingerprint density at radius 1 is 1.53 bits per heavy atom. The smallest absolute Gasteiger partial charge is 0.169 e. The Kier molecular flexibility index (Phi) is 4.65. The Morgan fingerprint density at radius 2 is 2.35 bits per heavy atom. The molecule has 0 saturated carbocycles. The topological polar surface area (TPSA) is 28.4 Å². The lowest BCUT2D eigenvalue weighted by Crippen LogP contribution is -2.41. The summed E-state index contributed by atoms with van der Waals surface area (Å²) in [5.74, 6) is 1.74. The van der Waals surface area contributed by atoms with E-state index in [2.05, 4.69) is 39.1 Å². The van der Waals surface area contributed by atoms with Crippen molar-refractivity contribution in [1.82, 2.24) is 10.2 Å². The quantitative estimate of drug-likeness (QED) is 0.926. The van der Waals surface area contributed by atoms with Crippen molar-refractivity contribution in [2.45, 2.75) is 25.8 Å². The van der Waals surface area contributed by atoms with Crippen LogP contribution in [0.2, 0.25) is 0 Å². The summed E-state index contributed by atoms with van der Waals surface area (Å²) in [6.45, 7) is 5.55. The molecule has 0 radical (unpaired) electrons. The van der Waals surface area contributed by atoms with Crippen LogP contribution in [0.5, 0.6) is 0 Å². The van der Waals surface area contributed by atoms with Gasteiger partial charge in [0.2, 0.25) is 0 Å². The van der Waals surface area contributed by atoms with Crippen LogP contribution in [0, 0.1) is 5.92 Å². The van der Waals surface area contributed by atoms with Crippen molar-refractivity contribution in [2.24, 2.45) is 5.92 Å². The summed E-state index contributed by atoms with van der Waals surface area (Å²) >= 11 is 3.40. The zero-order chi connectivity index (χ0) is 12.3. The Bertz CT molecular complexity index is 351. The maximum Gasteiger partial charge on any atom is 0.169 e. The van der Waals surface area contributed by atoms with Gasteiger partial charge in [0.1, 0.15) is 5.76 Å². The summed E-state index contributed by atoms with van der Waals surface area (Å²) in [5, 5.41) is 3.31. The van der Waals surface area contributed by atoms with Gasteiger partial charge in [0.25, 0.3) is 0 Å². The van der Waals surface area contributed by atoms with Gasteiger partial charge in [-0.2, -0.15) is 0 Å². The summed E-state index contributed by atoms with van der Waals surface area (Å²) in [7, 11) is 2.03. The van der Waals surface area contributed by atoms with E-state index in [-0.39, 0.29) is 0 Å². The first-order valence-electron chi connectivity index (χ1n) is 6.40. The van der Waals surface area contributed by atoms with Crippen molar-refractivity contribution in [2.75, 3.05) is 26.7 Å². The molecule has 0 aliphatic carbocycles. The van der Waals surface area contributed by atoms with Crippen LogP contribution >= 0.6 is 15.9 Å². The molecule has 1 aliphatic heterocycles. The Hall–Kier alpha value is -0.320. The SMILES string of the molecule is CCN1CCCC(CNC)C1c1ccc(Br)o1. The number of piperidine rings is 1. The highest BCUT2D eigenvalue weighted by Gasteiger charge is 2.33. The zero-order valence-corrected chi connectivity index (χ0v) is 12.2. The lowest BCUT2D eigenvalue weighted by atomic mass is 9.87. The number of hydrogen-bond donors (Lipinski definition) is 1. The predicted molar refractivity (Wildman–Crippen MR) is 73.0 cm³/mol. The first-order valence-corrected chi connectivity index (χ1v) is 7.19. The van der Waals surface area contributed by atoms with Crippen LogP contribution in [-0.2, 0) is 0 Å². The van der Waals surface area contributed by atoms with Crippen molar-refractivity contribution in [1.29, 1.82) is 0 Å². The standard InChI is InChI=1S/C13H21BrN2O/c1-3-16-8-4-5-10(9-15-2)13(16)11-6-7-12(14)17-11/h6-7,10,13,15H,3-5,8-9H2,1-2H3. The fourth-order valence-electron chi connectivity index (χ4n) is 2.88. The van der Waals surface area contributed by atoms with Crippen molar-refractivity contribution >= 4 is 15.9 Å². The number of rotatable bonds is 4. The van der Waals surface area contributed by atoms with Crippen LogP contribution in [0.25, 0.3) is 0 Å². The van der Waals surface area contributed by atoms with Gasteiger partial charge >= 0.3 is 0 Å². The number of furan rings is 1. The molecule has 1 aromatic heterocycles. The van der Waals surface area contributed by atoms with E-state index in [1.54, 1.807) is 0 Å². The minimum absolute atomic E-state index is 0.424. The van der Waals surface area contributed by atoms with E-state index >= 15 is 0 Å². The fraction of sp³-hybridized carbons (Fsp3) is 0.692. The number of halogens is 1. The third-order valence-electron chi connectivity index (χ3n) is 3.62. The average molecular weight is 301 g/mol. The molecule has 17 heavy (non-hydrogen) atoms. The van der Waals surface area contributed by atoms with Crippen molar-refractivity contribution in [3.8, 4) is 0 Å². The normalized spacial score (nSPS) is 26.3. The monoisotopic (exact) mass is 300 g/mol. The molecule has 0 amide bonds. The predicted octanol–water partition coefficient (Wildman–Crippen LogP) is 3.03. The van der Waals surface area contributed by atoms with E-state index in [0.717, 1.165) is 23.5 Å². The van der Waals surface area contributed by atoms with Crippen LogP contribution in [-0.4, -0.2) is 31.6 Å². The van der Waals surface area contributed by atoms with Crippen molar-refractivity contribution in [3.63, 3.8) is 0 Å². The van der Waals surface area contributed by atoms with Gasteiger partial charge in [-0.3, -0.25) is 4.90 Å². The molecule has 2 unspecified atom stereocenters. The third kappa shape index (κ3) is 2.92. The van der Waals surface area contributed by atoms with E-state index in [1.165, 1.54) is 19.4 Å². The number of hydrogen-bond acceptors (Lipinski definition) is 3. The number of likely N-dealkylation sites (tertiary alicyclic amines) is 1. The second kappa shape index (κ2) is 6.03. The highest BCUT2D eigenvalue weighted by atomic mass is 79.9. The first kappa shape index (κ1) is 13.1.